The van der Waals surface area contributed by atoms with Crippen molar-refractivity contribution in [2.75, 3.05) is 49.2 Å². The fourth-order valence-corrected chi connectivity index (χ4v) is 4.49. The lowest BCUT2D eigenvalue weighted by Crippen LogP contribution is -2.48. The fraction of sp³-hybridized carbons (Fsp3) is 0.478. The van der Waals surface area contributed by atoms with Crippen LogP contribution in [-0.4, -0.2) is 71.0 Å². The van der Waals surface area contributed by atoms with Crippen LogP contribution in [0.5, 0.6) is 0 Å². The van der Waals surface area contributed by atoms with Crippen molar-refractivity contribution in [1.82, 2.24) is 14.9 Å². The summed E-state index contributed by atoms with van der Waals surface area (Å²) in [5.74, 6) is 1.14. The molecule has 3 heterocycles. The van der Waals surface area contributed by atoms with Crippen molar-refractivity contribution in [3.63, 3.8) is 0 Å². The van der Waals surface area contributed by atoms with Gasteiger partial charge >= 0.3 is 0 Å². The normalized spacial score (nSPS) is 19.6. The Morgan fingerprint density at radius 3 is 2.47 bits per heavy atom. The Bertz CT molecular complexity index is 958. The molecule has 0 spiro atoms. The molecule has 2 aromatic rings. The van der Waals surface area contributed by atoms with E-state index in [2.05, 4.69) is 27.8 Å². The fourth-order valence-electron chi connectivity index (χ4n) is 4.49. The number of carbonyl (C=O) groups is 1. The molecular formula is C23H30N6O3. The maximum Gasteiger partial charge on any atom is 0.269 e. The first-order valence-electron chi connectivity index (χ1n) is 11.2. The maximum absolute atomic E-state index is 12.6. The number of aromatic nitrogens is 1. The van der Waals surface area contributed by atoms with Crippen molar-refractivity contribution in [2.24, 2.45) is 0 Å². The number of benzene rings is 1. The molecule has 0 N–H and O–H groups in total. The summed E-state index contributed by atoms with van der Waals surface area (Å²) in [6.45, 7) is 9.52. The number of carbonyl (C=O) groups excluding carboxylic acids is 1. The zero-order chi connectivity index (χ0) is 22.7. The molecule has 9 heteroatoms. The van der Waals surface area contributed by atoms with E-state index in [0.29, 0.717) is 13.0 Å². The Morgan fingerprint density at radius 1 is 1.09 bits per heavy atom. The number of hydrogen-bond donors (Lipinski definition) is 0. The molecule has 2 aliphatic rings. The smallest absolute Gasteiger partial charge is 0.269 e. The monoisotopic (exact) mass is 438 g/mol. The summed E-state index contributed by atoms with van der Waals surface area (Å²) < 4.78 is 0. The Morgan fingerprint density at radius 2 is 1.81 bits per heavy atom. The van der Waals surface area contributed by atoms with Gasteiger partial charge in [0.1, 0.15) is 5.82 Å². The molecule has 170 valence electrons. The van der Waals surface area contributed by atoms with E-state index in [1.54, 1.807) is 17.1 Å². The number of hydrogen-bond acceptors (Lipinski definition) is 7. The molecule has 1 amide bonds. The number of anilines is 2. The van der Waals surface area contributed by atoms with Crippen molar-refractivity contribution in [3.05, 3.63) is 58.3 Å². The van der Waals surface area contributed by atoms with E-state index in [-0.39, 0.29) is 17.6 Å². The van der Waals surface area contributed by atoms with Gasteiger partial charge in [-0.25, -0.2) is 4.98 Å². The Balaban J connectivity index is 1.30. The van der Waals surface area contributed by atoms with Crippen LogP contribution in [0.2, 0.25) is 0 Å². The number of amides is 1. The molecule has 2 fully saturated rings. The largest absolute Gasteiger partial charge is 0.354 e. The number of nitrogens with zero attached hydrogens (tertiary/aromatic N) is 6. The van der Waals surface area contributed by atoms with Gasteiger partial charge in [-0.1, -0.05) is 0 Å². The molecule has 2 saturated heterocycles. The lowest BCUT2D eigenvalue weighted by molar-refractivity contribution is -0.384. The van der Waals surface area contributed by atoms with Gasteiger partial charge in [-0.3, -0.25) is 29.8 Å². The van der Waals surface area contributed by atoms with Gasteiger partial charge in [0.05, 0.1) is 23.1 Å². The van der Waals surface area contributed by atoms with Crippen molar-refractivity contribution in [1.29, 1.82) is 0 Å². The minimum atomic E-state index is -0.408. The second-order valence-corrected chi connectivity index (χ2v) is 8.56. The zero-order valence-electron chi connectivity index (χ0n) is 18.7. The summed E-state index contributed by atoms with van der Waals surface area (Å²) >= 11 is 0. The van der Waals surface area contributed by atoms with Gasteiger partial charge in [-0.15, -0.1) is 0 Å². The van der Waals surface area contributed by atoms with E-state index in [4.69, 9.17) is 0 Å². The van der Waals surface area contributed by atoms with Crippen molar-refractivity contribution >= 4 is 23.1 Å². The summed E-state index contributed by atoms with van der Waals surface area (Å²) in [6, 6.07) is 10.6. The highest BCUT2D eigenvalue weighted by Crippen LogP contribution is 2.29. The van der Waals surface area contributed by atoms with E-state index in [0.717, 1.165) is 50.6 Å². The third kappa shape index (κ3) is 4.83. The Hall–Kier alpha value is -3.20. The van der Waals surface area contributed by atoms with Crippen LogP contribution in [0.3, 0.4) is 0 Å². The lowest BCUT2D eigenvalue weighted by atomic mass is 10.2. The van der Waals surface area contributed by atoms with Crippen molar-refractivity contribution < 1.29 is 9.72 Å². The van der Waals surface area contributed by atoms with E-state index >= 15 is 0 Å². The van der Waals surface area contributed by atoms with Crippen LogP contribution in [0, 0.1) is 17.0 Å². The highest BCUT2D eigenvalue weighted by Gasteiger charge is 2.35. The first kappa shape index (κ1) is 22.0. The molecule has 32 heavy (non-hydrogen) atoms. The number of rotatable bonds is 7. The number of nitro groups is 1. The molecule has 2 aliphatic heterocycles. The third-order valence-electron chi connectivity index (χ3n) is 6.20. The molecule has 9 nitrogen and oxygen atoms in total. The minimum absolute atomic E-state index is 0.0364. The van der Waals surface area contributed by atoms with E-state index < -0.39 is 4.92 Å². The van der Waals surface area contributed by atoms with Gasteiger partial charge in [0.15, 0.2) is 0 Å². The predicted octanol–water partition coefficient (Wildman–Crippen LogP) is 2.85. The molecule has 0 radical (unpaired) electrons. The van der Waals surface area contributed by atoms with Crippen LogP contribution in [-0.2, 0) is 4.79 Å². The molecule has 0 aliphatic carbocycles. The van der Waals surface area contributed by atoms with E-state index in [9.17, 15) is 14.9 Å². The summed E-state index contributed by atoms with van der Waals surface area (Å²) in [5, 5.41) is 14.7. The van der Waals surface area contributed by atoms with Crippen LogP contribution >= 0.6 is 0 Å². The van der Waals surface area contributed by atoms with E-state index in [1.165, 1.54) is 17.7 Å². The van der Waals surface area contributed by atoms with Gasteiger partial charge in [0, 0.05) is 57.6 Å². The molecular weight excluding hydrogens is 408 g/mol. The highest BCUT2D eigenvalue weighted by molar-refractivity contribution is 5.82. The minimum Gasteiger partial charge on any atom is -0.354 e. The molecule has 0 bridgehead atoms. The number of nitro benzene ring substituents is 1. The van der Waals surface area contributed by atoms with Crippen molar-refractivity contribution in [3.8, 4) is 0 Å². The molecule has 4 rings (SSSR count). The summed E-state index contributed by atoms with van der Waals surface area (Å²) in [6.07, 6.45) is 3.20. The van der Waals surface area contributed by atoms with Crippen LogP contribution in [0.1, 0.15) is 25.3 Å². The third-order valence-corrected chi connectivity index (χ3v) is 6.20. The van der Waals surface area contributed by atoms with Gasteiger partial charge < -0.3 is 4.90 Å². The quantitative estimate of drug-likeness (QED) is 0.485. The van der Waals surface area contributed by atoms with Crippen LogP contribution < -0.4 is 9.91 Å². The zero-order valence-corrected chi connectivity index (χ0v) is 18.7. The predicted molar refractivity (Wildman–Crippen MR) is 124 cm³/mol. The van der Waals surface area contributed by atoms with Gasteiger partial charge in [-0.05, 0) is 50.1 Å². The number of piperazine rings is 1. The van der Waals surface area contributed by atoms with Gasteiger partial charge in [0.2, 0.25) is 5.91 Å². The van der Waals surface area contributed by atoms with Crippen LogP contribution in [0.4, 0.5) is 17.2 Å². The highest BCUT2D eigenvalue weighted by atomic mass is 16.6. The first-order chi connectivity index (χ1) is 15.4. The molecule has 1 aromatic carbocycles. The number of aryl methyl sites for hydroxylation is 1. The summed E-state index contributed by atoms with van der Waals surface area (Å²) in [4.78, 5) is 32.4. The molecule has 1 atom stereocenters. The van der Waals surface area contributed by atoms with Crippen LogP contribution in [0.15, 0.2) is 42.6 Å². The van der Waals surface area contributed by atoms with Gasteiger partial charge in [0.25, 0.3) is 5.69 Å². The Kier molecular flexibility index (Phi) is 6.55. The first-order valence-corrected chi connectivity index (χ1v) is 11.2. The average Bonchev–Trinajstić information content (AvgIpc) is 3.07. The summed E-state index contributed by atoms with van der Waals surface area (Å²) in [7, 11) is 0. The summed E-state index contributed by atoms with van der Waals surface area (Å²) in [5.41, 5.74) is 2.09. The van der Waals surface area contributed by atoms with Crippen LogP contribution in [0.25, 0.3) is 0 Å². The number of pyridine rings is 1. The molecule has 1 aromatic heterocycles. The topological polar surface area (TPSA) is 86.1 Å². The SMILES string of the molecule is Cc1ccnc(N2CCN(CCCN3C(=O)CC(C)N3c3ccc([N+](=O)[O-])cc3)CC2)c1. The van der Waals surface area contributed by atoms with E-state index in [1.807, 2.05) is 24.2 Å². The number of non-ortho nitro benzene ring substituents is 1. The Labute approximate surface area is 188 Å². The average molecular weight is 439 g/mol. The standard InChI is InChI=1S/C23H30N6O3/c1-18-8-9-24-22(16-18)26-14-12-25(13-15-26)10-3-11-27-23(30)17-19(2)28(27)20-4-6-21(7-5-20)29(31)32/h4-9,16,19H,3,10-15,17H2,1-2H3. The molecule has 1 unspecified atom stereocenters. The lowest BCUT2D eigenvalue weighted by Gasteiger charge is -2.36. The second kappa shape index (κ2) is 9.52. The van der Waals surface area contributed by atoms with Crippen molar-refractivity contribution in [2.45, 2.75) is 32.7 Å². The molecule has 0 saturated carbocycles. The number of hydrazine groups is 1. The second-order valence-electron chi connectivity index (χ2n) is 8.56. The maximum atomic E-state index is 12.6. The van der Waals surface area contributed by atoms with Gasteiger partial charge in [-0.2, -0.15) is 0 Å².